The molecule has 1 saturated carbocycles. The number of aromatic nitrogens is 1. The molecule has 6 heteroatoms. The number of pyridine rings is 1. The molecule has 1 fully saturated rings. The van der Waals surface area contributed by atoms with E-state index in [1.807, 2.05) is 7.05 Å². The number of nitrogens with two attached hydrogens (primary N) is 1. The van der Waals surface area contributed by atoms with Crippen LogP contribution in [-0.2, 0) is 0 Å². The van der Waals surface area contributed by atoms with Gasteiger partial charge in [0, 0.05) is 12.6 Å². The number of hydrogen-bond acceptors (Lipinski definition) is 5. The lowest BCUT2D eigenvalue weighted by Crippen LogP contribution is -2.26. The molecule has 1 aliphatic rings. The van der Waals surface area contributed by atoms with Crippen molar-refractivity contribution >= 4 is 11.8 Å². The van der Waals surface area contributed by atoms with Gasteiger partial charge < -0.3 is 20.5 Å². The minimum atomic E-state index is -1.06. The Bertz CT molecular complexity index is 446. The quantitative estimate of drug-likeness (QED) is 0.778. The van der Waals surface area contributed by atoms with Crippen molar-refractivity contribution in [3.05, 3.63) is 17.8 Å². The highest BCUT2D eigenvalue weighted by molar-refractivity contribution is 5.91. The fourth-order valence-electron chi connectivity index (χ4n) is 1.74. The van der Waals surface area contributed by atoms with Crippen LogP contribution in [0, 0.1) is 0 Å². The van der Waals surface area contributed by atoms with Gasteiger partial charge in [-0.05, 0) is 26.0 Å². The summed E-state index contributed by atoms with van der Waals surface area (Å²) < 4.78 is 5.46. The molecule has 0 bridgehead atoms. The second-order valence-corrected chi connectivity index (χ2v) is 4.47. The van der Waals surface area contributed by atoms with Crippen LogP contribution < -0.4 is 10.5 Å². The molecule has 0 spiro atoms. The van der Waals surface area contributed by atoms with Crippen LogP contribution in [0.15, 0.2) is 12.3 Å². The van der Waals surface area contributed by atoms with Crippen molar-refractivity contribution in [1.29, 1.82) is 0 Å². The van der Waals surface area contributed by atoms with Crippen LogP contribution in [-0.4, -0.2) is 47.2 Å². The largest absolute Gasteiger partial charge is 0.490 e. The van der Waals surface area contributed by atoms with E-state index >= 15 is 0 Å². The molecule has 0 aromatic carbocycles. The summed E-state index contributed by atoms with van der Waals surface area (Å²) in [5.41, 5.74) is 5.50. The molecule has 0 aliphatic heterocycles. The third-order valence-electron chi connectivity index (χ3n) is 2.99. The van der Waals surface area contributed by atoms with Gasteiger partial charge in [0.25, 0.3) is 0 Å². The second kappa shape index (κ2) is 5.22. The van der Waals surface area contributed by atoms with Gasteiger partial charge >= 0.3 is 5.97 Å². The Balaban J connectivity index is 1.93. The second-order valence-electron chi connectivity index (χ2n) is 4.47. The summed E-state index contributed by atoms with van der Waals surface area (Å²) in [5, 5.41) is 9.02. The molecule has 0 atom stereocenters. The van der Waals surface area contributed by atoms with Crippen molar-refractivity contribution in [3.8, 4) is 5.75 Å². The van der Waals surface area contributed by atoms with E-state index in [1.165, 1.54) is 25.1 Å². The molecule has 6 nitrogen and oxygen atoms in total. The predicted octanol–water partition coefficient (Wildman–Crippen LogP) is 0.835. The van der Waals surface area contributed by atoms with Gasteiger partial charge in [-0.1, -0.05) is 0 Å². The van der Waals surface area contributed by atoms with Gasteiger partial charge in [-0.2, -0.15) is 0 Å². The first-order valence-corrected chi connectivity index (χ1v) is 5.90. The van der Waals surface area contributed by atoms with E-state index in [0.29, 0.717) is 12.6 Å². The normalized spacial score (nSPS) is 14.8. The third-order valence-corrected chi connectivity index (χ3v) is 2.99. The maximum absolute atomic E-state index is 11.0. The highest BCUT2D eigenvalue weighted by atomic mass is 16.5. The minimum Gasteiger partial charge on any atom is -0.490 e. The molecular formula is C12H17N3O3. The molecule has 0 unspecified atom stereocenters. The van der Waals surface area contributed by atoms with Gasteiger partial charge in [0.15, 0.2) is 5.75 Å². The summed E-state index contributed by atoms with van der Waals surface area (Å²) in [6.07, 6.45) is 3.83. The van der Waals surface area contributed by atoms with Crippen LogP contribution in [0.2, 0.25) is 0 Å². The number of anilines is 1. The Labute approximate surface area is 105 Å². The van der Waals surface area contributed by atoms with Crippen molar-refractivity contribution < 1.29 is 14.6 Å². The zero-order chi connectivity index (χ0) is 13.1. The van der Waals surface area contributed by atoms with Gasteiger partial charge in [-0.25, -0.2) is 9.78 Å². The van der Waals surface area contributed by atoms with Crippen LogP contribution in [0.5, 0.6) is 5.75 Å². The van der Waals surface area contributed by atoms with Gasteiger partial charge in [-0.3, -0.25) is 0 Å². The van der Waals surface area contributed by atoms with Crippen LogP contribution in [0.3, 0.4) is 0 Å². The van der Waals surface area contributed by atoms with Crippen molar-refractivity contribution in [2.75, 3.05) is 25.9 Å². The molecule has 0 radical (unpaired) electrons. The molecule has 18 heavy (non-hydrogen) atoms. The summed E-state index contributed by atoms with van der Waals surface area (Å²) in [6, 6.07) is 1.97. The number of ether oxygens (including phenoxy) is 1. The summed E-state index contributed by atoms with van der Waals surface area (Å²) in [6.45, 7) is 1.22. The van der Waals surface area contributed by atoms with Crippen molar-refractivity contribution in [2.24, 2.45) is 0 Å². The Morgan fingerprint density at radius 2 is 2.39 bits per heavy atom. The molecule has 2 rings (SSSR count). The monoisotopic (exact) mass is 251 g/mol. The smallest absolute Gasteiger partial charge is 0.339 e. The van der Waals surface area contributed by atoms with Crippen LogP contribution >= 0.6 is 0 Å². The van der Waals surface area contributed by atoms with E-state index in [1.54, 1.807) is 0 Å². The fraction of sp³-hybridized carbons (Fsp3) is 0.500. The number of carboxylic acid groups (broad SMARTS) is 1. The lowest BCUT2D eigenvalue weighted by molar-refractivity contribution is 0.0691. The maximum Gasteiger partial charge on any atom is 0.339 e. The number of aromatic carboxylic acids is 1. The Morgan fingerprint density at radius 1 is 1.67 bits per heavy atom. The lowest BCUT2D eigenvalue weighted by Gasteiger charge is -2.16. The van der Waals surface area contributed by atoms with E-state index in [9.17, 15) is 4.79 Å². The average molecular weight is 251 g/mol. The number of likely N-dealkylation sites (N-methyl/N-ethyl adjacent to an activating group) is 1. The molecule has 3 N–H and O–H groups in total. The number of rotatable bonds is 6. The summed E-state index contributed by atoms with van der Waals surface area (Å²) in [5.74, 6) is -0.620. The molecular weight excluding hydrogens is 234 g/mol. The molecule has 1 aromatic rings. The minimum absolute atomic E-state index is 0.0524. The van der Waals surface area contributed by atoms with Crippen molar-refractivity contribution in [1.82, 2.24) is 9.88 Å². The highest BCUT2D eigenvalue weighted by Gasteiger charge is 2.25. The Hall–Kier alpha value is -1.82. The number of nitrogens with zero attached hydrogens (tertiary/aromatic N) is 2. The van der Waals surface area contributed by atoms with Gasteiger partial charge in [0.1, 0.15) is 18.0 Å². The van der Waals surface area contributed by atoms with E-state index in [4.69, 9.17) is 15.6 Å². The first-order chi connectivity index (χ1) is 8.58. The molecule has 0 amide bonds. The lowest BCUT2D eigenvalue weighted by atomic mass is 10.2. The SMILES string of the molecule is CN(CCOc1cnc(N)cc1C(=O)O)C1CC1. The van der Waals surface area contributed by atoms with Crippen LogP contribution in [0.4, 0.5) is 5.82 Å². The fourth-order valence-corrected chi connectivity index (χ4v) is 1.74. The Kier molecular flexibility index (Phi) is 3.66. The standard InChI is InChI=1S/C12H17N3O3/c1-15(8-2-3-8)4-5-18-10-7-14-11(13)6-9(10)12(16)17/h6-8H,2-5H2,1H3,(H2,13,14)(H,16,17). The molecule has 98 valence electrons. The first-order valence-electron chi connectivity index (χ1n) is 5.90. The third kappa shape index (κ3) is 3.10. The summed E-state index contributed by atoms with van der Waals surface area (Å²) in [7, 11) is 2.04. The summed E-state index contributed by atoms with van der Waals surface area (Å²) >= 11 is 0. The topological polar surface area (TPSA) is 88.7 Å². The van der Waals surface area contributed by atoms with E-state index in [0.717, 1.165) is 6.54 Å². The zero-order valence-corrected chi connectivity index (χ0v) is 10.3. The van der Waals surface area contributed by atoms with E-state index < -0.39 is 5.97 Å². The van der Waals surface area contributed by atoms with Crippen LogP contribution in [0.25, 0.3) is 0 Å². The molecule has 0 saturated heterocycles. The number of carbonyl (C=O) groups is 1. The summed E-state index contributed by atoms with van der Waals surface area (Å²) in [4.78, 5) is 17.1. The van der Waals surface area contributed by atoms with Crippen molar-refractivity contribution in [3.63, 3.8) is 0 Å². The molecule has 1 aromatic heterocycles. The number of hydrogen-bond donors (Lipinski definition) is 2. The zero-order valence-electron chi connectivity index (χ0n) is 10.3. The van der Waals surface area contributed by atoms with Gasteiger partial charge in [0.05, 0.1) is 6.20 Å². The number of carboxylic acids is 1. The first kappa shape index (κ1) is 12.6. The number of nitrogen functional groups attached to an aromatic ring is 1. The predicted molar refractivity (Wildman–Crippen MR) is 66.8 cm³/mol. The van der Waals surface area contributed by atoms with Crippen molar-refractivity contribution in [2.45, 2.75) is 18.9 Å². The maximum atomic E-state index is 11.0. The average Bonchev–Trinajstić information content (AvgIpc) is 3.14. The van der Waals surface area contributed by atoms with Gasteiger partial charge in [0.2, 0.25) is 0 Å². The Morgan fingerprint density at radius 3 is 3.00 bits per heavy atom. The van der Waals surface area contributed by atoms with Gasteiger partial charge in [-0.15, -0.1) is 0 Å². The van der Waals surface area contributed by atoms with E-state index in [-0.39, 0.29) is 17.1 Å². The molecule has 1 heterocycles. The van der Waals surface area contributed by atoms with Crippen LogP contribution in [0.1, 0.15) is 23.2 Å². The van der Waals surface area contributed by atoms with E-state index in [2.05, 4.69) is 9.88 Å². The molecule has 1 aliphatic carbocycles. The highest BCUT2D eigenvalue weighted by Crippen LogP contribution is 2.25.